The van der Waals surface area contributed by atoms with Crippen LogP contribution >= 0.6 is 11.3 Å². The minimum atomic E-state index is -0.326. The molecule has 0 N–H and O–H groups in total. The third-order valence-corrected chi connectivity index (χ3v) is 4.70. The van der Waals surface area contributed by atoms with Gasteiger partial charge in [0.25, 0.3) is 0 Å². The Bertz CT molecular complexity index is 839. The van der Waals surface area contributed by atoms with Crippen LogP contribution in [0.15, 0.2) is 51.0 Å². The number of ether oxygens (including phenoxy) is 1. The maximum absolute atomic E-state index is 11.9. The summed E-state index contributed by atoms with van der Waals surface area (Å²) in [5, 5.41) is 3.04. The number of thiophene rings is 1. The summed E-state index contributed by atoms with van der Waals surface area (Å²) in [6.45, 7) is 4.63. The van der Waals surface area contributed by atoms with Crippen molar-refractivity contribution in [3.8, 4) is 5.75 Å². The zero-order chi connectivity index (χ0) is 16.2. The Morgan fingerprint density at radius 2 is 2.09 bits per heavy atom. The minimum absolute atomic E-state index is 0.326. The van der Waals surface area contributed by atoms with Gasteiger partial charge in [-0.15, -0.1) is 11.3 Å². The Morgan fingerprint density at radius 1 is 1.22 bits per heavy atom. The summed E-state index contributed by atoms with van der Waals surface area (Å²) in [6.07, 6.45) is 0. The maximum atomic E-state index is 11.9. The zero-order valence-corrected chi connectivity index (χ0v) is 14.1. The SMILES string of the molecule is CCN(Cc1cccs1)Cc1cc(=O)oc2cc(OC)ccc12. The van der Waals surface area contributed by atoms with E-state index >= 15 is 0 Å². The topological polar surface area (TPSA) is 42.7 Å². The lowest BCUT2D eigenvalue weighted by atomic mass is 10.1. The lowest BCUT2D eigenvalue weighted by Gasteiger charge is -2.20. The molecule has 0 radical (unpaired) electrons. The molecule has 120 valence electrons. The predicted molar refractivity (Wildman–Crippen MR) is 93.1 cm³/mol. The van der Waals surface area contributed by atoms with Crippen LogP contribution in [0.25, 0.3) is 11.0 Å². The molecule has 0 atom stereocenters. The molecular weight excluding hydrogens is 310 g/mol. The van der Waals surface area contributed by atoms with Crippen molar-refractivity contribution in [2.75, 3.05) is 13.7 Å². The highest BCUT2D eigenvalue weighted by Crippen LogP contribution is 2.24. The molecule has 0 saturated carbocycles. The predicted octanol–water partition coefficient (Wildman–Crippen LogP) is 3.89. The third kappa shape index (κ3) is 3.63. The molecule has 0 saturated heterocycles. The number of hydrogen-bond acceptors (Lipinski definition) is 5. The van der Waals surface area contributed by atoms with Crippen LogP contribution in [0.4, 0.5) is 0 Å². The molecule has 0 spiro atoms. The summed E-state index contributed by atoms with van der Waals surface area (Å²) < 4.78 is 10.5. The standard InChI is InChI=1S/C18H19NO3S/c1-3-19(12-15-5-4-8-23-15)11-13-9-18(20)22-17-10-14(21-2)6-7-16(13)17/h4-10H,3,11-12H2,1-2H3. The summed E-state index contributed by atoms with van der Waals surface area (Å²) in [5.74, 6) is 0.684. The first kappa shape index (κ1) is 15.8. The van der Waals surface area contributed by atoms with Crippen LogP contribution < -0.4 is 10.4 Å². The Hall–Kier alpha value is -2.11. The molecule has 1 aromatic carbocycles. The smallest absolute Gasteiger partial charge is 0.336 e. The highest BCUT2D eigenvalue weighted by Gasteiger charge is 2.11. The molecule has 3 rings (SSSR count). The van der Waals surface area contributed by atoms with Crippen molar-refractivity contribution in [2.24, 2.45) is 0 Å². The normalized spacial score (nSPS) is 11.3. The highest BCUT2D eigenvalue weighted by atomic mass is 32.1. The van der Waals surface area contributed by atoms with Gasteiger partial charge in [-0.25, -0.2) is 4.79 Å². The van der Waals surface area contributed by atoms with Gasteiger partial charge in [-0.2, -0.15) is 0 Å². The lowest BCUT2D eigenvalue weighted by molar-refractivity contribution is 0.274. The van der Waals surface area contributed by atoms with Gasteiger partial charge in [0.2, 0.25) is 0 Å². The van der Waals surface area contributed by atoms with E-state index in [-0.39, 0.29) is 5.63 Å². The summed E-state index contributed by atoms with van der Waals surface area (Å²) >= 11 is 1.75. The molecule has 23 heavy (non-hydrogen) atoms. The van der Waals surface area contributed by atoms with E-state index in [0.29, 0.717) is 17.9 Å². The van der Waals surface area contributed by atoms with E-state index in [0.717, 1.165) is 24.0 Å². The first-order valence-electron chi connectivity index (χ1n) is 7.55. The van der Waals surface area contributed by atoms with Crippen molar-refractivity contribution in [3.05, 3.63) is 62.6 Å². The Labute approximate surface area is 138 Å². The first-order valence-corrected chi connectivity index (χ1v) is 8.43. The van der Waals surface area contributed by atoms with Crippen LogP contribution in [-0.2, 0) is 13.1 Å². The van der Waals surface area contributed by atoms with Gasteiger partial charge < -0.3 is 9.15 Å². The van der Waals surface area contributed by atoms with Crippen LogP contribution in [0.1, 0.15) is 17.4 Å². The van der Waals surface area contributed by atoms with E-state index in [2.05, 4.69) is 29.3 Å². The molecule has 5 heteroatoms. The largest absolute Gasteiger partial charge is 0.497 e. The summed E-state index contributed by atoms with van der Waals surface area (Å²) in [4.78, 5) is 15.5. The van der Waals surface area contributed by atoms with Gasteiger partial charge in [0.1, 0.15) is 11.3 Å². The molecule has 0 aliphatic heterocycles. The molecule has 0 unspecified atom stereocenters. The third-order valence-electron chi connectivity index (χ3n) is 3.84. The van der Waals surface area contributed by atoms with Crippen LogP contribution in [-0.4, -0.2) is 18.6 Å². The van der Waals surface area contributed by atoms with E-state index < -0.39 is 0 Å². The average Bonchev–Trinajstić information content (AvgIpc) is 3.06. The van der Waals surface area contributed by atoms with E-state index in [9.17, 15) is 4.79 Å². The molecule has 3 aromatic rings. The van der Waals surface area contributed by atoms with Gasteiger partial charge >= 0.3 is 5.63 Å². The minimum Gasteiger partial charge on any atom is -0.497 e. The van der Waals surface area contributed by atoms with E-state index in [1.54, 1.807) is 30.6 Å². The Morgan fingerprint density at radius 3 is 2.78 bits per heavy atom. The summed E-state index contributed by atoms with van der Waals surface area (Å²) in [7, 11) is 1.60. The quantitative estimate of drug-likeness (QED) is 0.644. The van der Waals surface area contributed by atoms with Gasteiger partial charge in [-0.3, -0.25) is 4.90 Å². The van der Waals surface area contributed by atoms with E-state index in [1.165, 1.54) is 4.88 Å². The van der Waals surface area contributed by atoms with Crippen molar-refractivity contribution in [2.45, 2.75) is 20.0 Å². The number of methoxy groups -OCH3 is 1. The van der Waals surface area contributed by atoms with Crippen molar-refractivity contribution < 1.29 is 9.15 Å². The number of fused-ring (bicyclic) bond motifs is 1. The molecule has 0 bridgehead atoms. The second-order valence-electron chi connectivity index (χ2n) is 5.34. The van der Waals surface area contributed by atoms with E-state index in [1.807, 2.05) is 12.1 Å². The molecule has 0 fully saturated rings. The molecule has 2 aromatic heterocycles. The average molecular weight is 329 g/mol. The fourth-order valence-electron chi connectivity index (χ4n) is 2.61. The van der Waals surface area contributed by atoms with Crippen molar-refractivity contribution in [1.82, 2.24) is 4.90 Å². The molecule has 4 nitrogen and oxygen atoms in total. The Kier molecular flexibility index (Phi) is 4.79. The fraction of sp³-hybridized carbons (Fsp3) is 0.278. The van der Waals surface area contributed by atoms with Crippen LogP contribution in [0.3, 0.4) is 0 Å². The van der Waals surface area contributed by atoms with Crippen molar-refractivity contribution >= 4 is 22.3 Å². The number of hydrogen-bond donors (Lipinski definition) is 0. The Balaban J connectivity index is 1.93. The van der Waals surface area contributed by atoms with E-state index in [4.69, 9.17) is 9.15 Å². The van der Waals surface area contributed by atoms with Gasteiger partial charge in [0.05, 0.1) is 7.11 Å². The second kappa shape index (κ2) is 6.98. The van der Waals surface area contributed by atoms with Crippen LogP contribution in [0.5, 0.6) is 5.75 Å². The molecule has 0 aliphatic carbocycles. The number of nitrogens with zero attached hydrogens (tertiary/aromatic N) is 1. The first-order chi connectivity index (χ1) is 11.2. The highest BCUT2D eigenvalue weighted by molar-refractivity contribution is 7.09. The maximum Gasteiger partial charge on any atom is 0.336 e. The molecular formula is C18H19NO3S. The molecule has 0 aliphatic rings. The molecule has 0 amide bonds. The van der Waals surface area contributed by atoms with Crippen LogP contribution in [0.2, 0.25) is 0 Å². The summed E-state index contributed by atoms with van der Waals surface area (Å²) in [6, 6.07) is 11.4. The fourth-order valence-corrected chi connectivity index (χ4v) is 3.36. The lowest BCUT2D eigenvalue weighted by Crippen LogP contribution is -2.22. The van der Waals surface area contributed by atoms with Gasteiger partial charge in [0, 0.05) is 35.5 Å². The number of benzene rings is 1. The van der Waals surface area contributed by atoms with Crippen molar-refractivity contribution in [3.63, 3.8) is 0 Å². The zero-order valence-electron chi connectivity index (χ0n) is 13.2. The number of rotatable bonds is 6. The van der Waals surface area contributed by atoms with Crippen LogP contribution in [0, 0.1) is 0 Å². The summed E-state index contributed by atoms with van der Waals surface area (Å²) in [5.41, 5.74) is 1.23. The van der Waals surface area contributed by atoms with Gasteiger partial charge in [-0.05, 0) is 35.7 Å². The van der Waals surface area contributed by atoms with Gasteiger partial charge in [-0.1, -0.05) is 13.0 Å². The molecule has 2 heterocycles. The van der Waals surface area contributed by atoms with Gasteiger partial charge in [0.15, 0.2) is 0 Å². The second-order valence-corrected chi connectivity index (χ2v) is 6.37. The monoisotopic (exact) mass is 329 g/mol. The van der Waals surface area contributed by atoms with Crippen molar-refractivity contribution in [1.29, 1.82) is 0 Å².